The molecule has 170 valence electrons. The standard InChI is InChI=1S/C27H34N2O2S/c1-26-15-13-22-24(32-25(29-22)28-16-4-6-17(31-3)7-5-16)21(26)9-8-18-19-10-11-23(30)27(19,2)14-12-20(18)26/h4-7,9,18-20,23,30H,8,10-15H2,1-3H3,(H,28,29)/t18-,19-,20-,23-,26+,27-/m0/s1. The molecule has 0 radical (unpaired) electrons. The zero-order valence-corrected chi connectivity index (χ0v) is 20.2. The molecular formula is C27H34N2O2S. The lowest BCUT2D eigenvalue weighted by Gasteiger charge is -2.56. The first kappa shape index (κ1) is 20.7. The van der Waals surface area contributed by atoms with Crippen LogP contribution in [0.1, 0.15) is 62.9 Å². The third kappa shape index (κ3) is 2.93. The van der Waals surface area contributed by atoms with Gasteiger partial charge in [0.1, 0.15) is 5.75 Å². The zero-order chi connectivity index (χ0) is 22.1. The number of aliphatic hydroxyl groups is 1. The van der Waals surface area contributed by atoms with Gasteiger partial charge in [-0.25, -0.2) is 4.98 Å². The first-order valence-corrected chi connectivity index (χ1v) is 13.0. The fourth-order valence-corrected chi connectivity index (χ4v) is 8.91. The van der Waals surface area contributed by atoms with Crippen molar-refractivity contribution in [3.63, 3.8) is 0 Å². The van der Waals surface area contributed by atoms with Gasteiger partial charge in [0.2, 0.25) is 0 Å². The summed E-state index contributed by atoms with van der Waals surface area (Å²) in [6.07, 6.45) is 10.5. The van der Waals surface area contributed by atoms with Gasteiger partial charge in [0.25, 0.3) is 0 Å². The molecule has 4 nitrogen and oxygen atoms in total. The largest absolute Gasteiger partial charge is 0.497 e. The van der Waals surface area contributed by atoms with Crippen LogP contribution in [0, 0.1) is 28.6 Å². The molecular weight excluding hydrogens is 416 g/mol. The second-order valence-electron chi connectivity index (χ2n) is 10.9. The van der Waals surface area contributed by atoms with Crippen LogP contribution < -0.4 is 10.1 Å². The number of anilines is 2. The van der Waals surface area contributed by atoms with Crippen LogP contribution in [0.5, 0.6) is 5.75 Å². The highest BCUT2D eigenvalue weighted by Crippen LogP contribution is 2.66. The number of aliphatic hydroxyl groups excluding tert-OH is 1. The normalized spacial score (nSPS) is 37.6. The van der Waals surface area contributed by atoms with Gasteiger partial charge in [0.15, 0.2) is 5.13 Å². The molecule has 0 bridgehead atoms. The highest BCUT2D eigenvalue weighted by atomic mass is 32.1. The minimum Gasteiger partial charge on any atom is -0.497 e. The van der Waals surface area contributed by atoms with Crippen molar-refractivity contribution >= 4 is 27.7 Å². The molecule has 0 saturated heterocycles. The van der Waals surface area contributed by atoms with E-state index in [9.17, 15) is 5.11 Å². The highest BCUT2D eigenvalue weighted by molar-refractivity contribution is 7.16. The molecule has 1 aromatic carbocycles. The van der Waals surface area contributed by atoms with Gasteiger partial charge in [-0.3, -0.25) is 0 Å². The molecule has 2 N–H and O–H groups in total. The SMILES string of the molecule is COc1ccc(Nc2nc3c(s2)C2=CC[C@H]4[C@@H]5CC[C@H](O)[C@@]5(C)CC[C@@H]4[C@@]2(C)CC3)cc1. The predicted molar refractivity (Wildman–Crippen MR) is 130 cm³/mol. The van der Waals surface area contributed by atoms with E-state index >= 15 is 0 Å². The Kier molecular flexibility index (Phi) is 4.75. The minimum absolute atomic E-state index is 0.0994. The van der Waals surface area contributed by atoms with E-state index in [1.807, 2.05) is 35.6 Å². The van der Waals surface area contributed by atoms with Crippen molar-refractivity contribution in [2.75, 3.05) is 12.4 Å². The lowest BCUT2D eigenvalue weighted by molar-refractivity contribution is -0.0579. The van der Waals surface area contributed by atoms with Gasteiger partial charge in [-0.15, -0.1) is 0 Å². The van der Waals surface area contributed by atoms with Crippen molar-refractivity contribution in [1.82, 2.24) is 4.98 Å². The molecule has 6 atom stereocenters. The Balaban J connectivity index is 1.30. The third-order valence-electron chi connectivity index (χ3n) is 9.58. The number of aromatic nitrogens is 1. The van der Waals surface area contributed by atoms with Gasteiger partial charge in [-0.05, 0) is 103 Å². The van der Waals surface area contributed by atoms with Crippen molar-refractivity contribution in [3.8, 4) is 5.75 Å². The Labute approximate surface area is 195 Å². The average Bonchev–Trinajstić information content (AvgIpc) is 3.34. The summed E-state index contributed by atoms with van der Waals surface area (Å²) >= 11 is 1.82. The fraction of sp³-hybridized carbons (Fsp3) is 0.593. The number of thiazole rings is 1. The van der Waals surface area contributed by atoms with Crippen LogP contribution in [0.2, 0.25) is 0 Å². The van der Waals surface area contributed by atoms with Crippen molar-refractivity contribution in [3.05, 3.63) is 40.9 Å². The van der Waals surface area contributed by atoms with Crippen LogP contribution in [-0.2, 0) is 6.42 Å². The van der Waals surface area contributed by atoms with E-state index in [1.54, 1.807) is 12.7 Å². The maximum absolute atomic E-state index is 10.7. The molecule has 2 fully saturated rings. The molecule has 1 heterocycles. The Morgan fingerprint density at radius 1 is 1.09 bits per heavy atom. The van der Waals surface area contributed by atoms with Crippen LogP contribution in [0.3, 0.4) is 0 Å². The molecule has 6 rings (SSSR count). The number of hydrogen-bond donors (Lipinski definition) is 2. The first-order valence-electron chi connectivity index (χ1n) is 12.2. The van der Waals surface area contributed by atoms with Gasteiger partial charge < -0.3 is 15.2 Å². The summed E-state index contributed by atoms with van der Waals surface area (Å²) in [5, 5.41) is 15.2. The van der Waals surface area contributed by atoms with E-state index in [2.05, 4.69) is 25.2 Å². The Morgan fingerprint density at radius 3 is 2.69 bits per heavy atom. The Morgan fingerprint density at radius 2 is 1.91 bits per heavy atom. The Bertz CT molecular complexity index is 1060. The van der Waals surface area contributed by atoms with Gasteiger partial charge >= 0.3 is 0 Å². The molecule has 1 aromatic heterocycles. The van der Waals surface area contributed by atoms with Gasteiger partial charge in [0.05, 0.1) is 23.8 Å². The van der Waals surface area contributed by atoms with Crippen molar-refractivity contribution in [1.29, 1.82) is 0 Å². The van der Waals surface area contributed by atoms with Crippen molar-refractivity contribution < 1.29 is 9.84 Å². The molecule has 0 unspecified atom stereocenters. The molecule has 5 heteroatoms. The van der Waals surface area contributed by atoms with E-state index in [-0.39, 0.29) is 16.9 Å². The number of rotatable bonds is 3. The molecule has 4 aliphatic rings. The maximum Gasteiger partial charge on any atom is 0.187 e. The van der Waals surface area contributed by atoms with Crippen LogP contribution in [0.4, 0.5) is 10.8 Å². The second kappa shape index (κ2) is 7.33. The molecule has 0 spiro atoms. The number of hydrogen-bond acceptors (Lipinski definition) is 5. The van der Waals surface area contributed by atoms with Crippen molar-refractivity contribution in [2.24, 2.45) is 28.6 Å². The number of nitrogens with one attached hydrogen (secondary N) is 1. The summed E-state index contributed by atoms with van der Waals surface area (Å²) in [5.41, 5.74) is 4.26. The topological polar surface area (TPSA) is 54.4 Å². The van der Waals surface area contributed by atoms with Gasteiger partial charge in [0, 0.05) is 5.69 Å². The molecule has 32 heavy (non-hydrogen) atoms. The lowest BCUT2D eigenvalue weighted by atomic mass is 9.48. The molecule has 4 aliphatic carbocycles. The summed E-state index contributed by atoms with van der Waals surface area (Å²) in [4.78, 5) is 6.40. The van der Waals surface area contributed by atoms with Crippen LogP contribution in [-0.4, -0.2) is 23.3 Å². The number of allylic oxidation sites excluding steroid dienone is 2. The summed E-state index contributed by atoms with van der Waals surface area (Å²) in [7, 11) is 1.69. The number of methoxy groups -OCH3 is 1. The lowest BCUT2D eigenvalue weighted by Crippen LogP contribution is -2.50. The molecule has 0 amide bonds. The number of fused-ring (bicyclic) bond motifs is 7. The van der Waals surface area contributed by atoms with Crippen LogP contribution in [0.25, 0.3) is 5.57 Å². The summed E-state index contributed by atoms with van der Waals surface area (Å²) in [6.45, 7) is 4.90. The average molecular weight is 451 g/mol. The Hall–Kier alpha value is -1.85. The second-order valence-corrected chi connectivity index (χ2v) is 11.9. The monoisotopic (exact) mass is 450 g/mol. The summed E-state index contributed by atoms with van der Waals surface area (Å²) < 4.78 is 5.28. The summed E-state index contributed by atoms with van der Waals surface area (Å²) in [6, 6.07) is 8.05. The van der Waals surface area contributed by atoms with E-state index in [4.69, 9.17) is 9.72 Å². The molecule has 2 saturated carbocycles. The van der Waals surface area contributed by atoms with Gasteiger partial charge in [-0.2, -0.15) is 0 Å². The predicted octanol–water partition coefficient (Wildman–Crippen LogP) is 6.44. The number of aryl methyl sites for hydroxylation is 1. The van der Waals surface area contributed by atoms with E-state index in [1.165, 1.54) is 42.7 Å². The first-order chi connectivity index (χ1) is 15.4. The van der Waals surface area contributed by atoms with E-state index in [0.717, 1.165) is 41.2 Å². The summed E-state index contributed by atoms with van der Waals surface area (Å²) in [5.74, 6) is 3.01. The van der Waals surface area contributed by atoms with Crippen LogP contribution in [0.15, 0.2) is 30.3 Å². The highest BCUT2D eigenvalue weighted by Gasteiger charge is 2.58. The van der Waals surface area contributed by atoms with E-state index in [0.29, 0.717) is 5.92 Å². The number of ether oxygens (including phenoxy) is 1. The smallest absolute Gasteiger partial charge is 0.187 e. The molecule has 0 aliphatic heterocycles. The van der Waals surface area contributed by atoms with Gasteiger partial charge in [-0.1, -0.05) is 31.3 Å². The van der Waals surface area contributed by atoms with Crippen molar-refractivity contribution in [2.45, 2.75) is 64.9 Å². The maximum atomic E-state index is 10.7. The zero-order valence-electron chi connectivity index (χ0n) is 19.4. The third-order valence-corrected chi connectivity index (χ3v) is 10.6. The minimum atomic E-state index is -0.0994. The quantitative estimate of drug-likeness (QED) is 0.565. The fourth-order valence-electron chi connectivity index (χ4n) is 7.70. The number of benzene rings is 1. The molecule has 2 aromatic rings. The van der Waals surface area contributed by atoms with E-state index < -0.39 is 0 Å². The van der Waals surface area contributed by atoms with Crippen LogP contribution >= 0.6 is 11.3 Å². The number of nitrogens with zero attached hydrogens (tertiary/aromatic N) is 1.